The zero-order valence-electron chi connectivity index (χ0n) is 27.0. The molecule has 3 aliphatic rings. The lowest BCUT2D eigenvalue weighted by Gasteiger charge is -2.41. The third-order valence-electron chi connectivity index (χ3n) is 8.83. The lowest BCUT2D eigenvalue weighted by Crippen LogP contribution is -2.59. The summed E-state index contributed by atoms with van der Waals surface area (Å²) in [7, 11) is 0. The second-order valence-electron chi connectivity index (χ2n) is 12.3. The van der Waals surface area contributed by atoms with Crippen molar-refractivity contribution in [1.29, 1.82) is 0 Å². The predicted octanol–water partition coefficient (Wildman–Crippen LogP) is 3.67. The molecular formula is C31H35ClN6O7S2. The van der Waals surface area contributed by atoms with Gasteiger partial charge < -0.3 is 9.74 Å². The number of aryl methyl sites for hydroxylation is 2. The minimum absolute atomic E-state index is 0.0557. The average Bonchev–Trinajstić information content (AvgIpc) is 3.70. The molecule has 3 fully saturated rings. The highest BCUT2D eigenvalue weighted by Gasteiger charge is 2.64. The normalized spacial score (nSPS) is 22.7. The van der Waals surface area contributed by atoms with Crippen molar-refractivity contribution in [2.24, 2.45) is 11.1 Å². The summed E-state index contributed by atoms with van der Waals surface area (Å²) < 4.78 is 0. The standard InChI is InChI=1S/C31H35ClN6O7S2/c1-15-8-9-20(24(32)16(15)2)26(42)34-38-11-10-37(29(38)44)31(18(4)40)14-36-27(43)21(28(36)47-31)12-23(41)25(22-13-46-19(5)33-22)35-45-30(6,7)17(3)39/h8-9,13,21,28H,10-12,14H2,1-7H3,(H,34,42)/b35-25-/t21-,28?,31-/m1/s1. The number of hydrazine groups is 1. The highest BCUT2D eigenvalue weighted by Crippen LogP contribution is 2.53. The molecule has 5 rings (SSSR count). The molecule has 13 nitrogen and oxygen atoms in total. The van der Waals surface area contributed by atoms with E-state index in [-0.39, 0.29) is 65.5 Å². The summed E-state index contributed by atoms with van der Waals surface area (Å²) in [5, 5.41) is 7.22. The number of fused-ring (bicyclic) bond motifs is 1. The van der Waals surface area contributed by atoms with Gasteiger partial charge in [0.2, 0.25) is 5.91 Å². The van der Waals surface area contributed by atoms with Crippen LogP contribution in [0.3, 0.4) is 0 Å². The van der Waals surface area contributed by atoms with Crippen molar-refractivity contribution in [2.75, 3.05) is 19.6 Å². The SMILES string of the molecule is CC(=O)C(C)(C)O/N=C(\C(=O)C[C@@H]1C(=O)N2C[C@@](C(C)=O)(N3CCN(NC(=O)c4ccc(C)c(C)c4Cl)C3=O)SC12)c1csc(C)n1. The van der Waals surface area contributed by atoms with Crippen molar-refractivity contribution in [3.63, 3.8) is 0 Å². The molecule has 0 bridgehead atoms. The fraction of sp³-hybridized carbons (Fsp3) is 0.484. The Hall–Kier alpha value is -3.82. The van der Waals surface area contributed by atoms with E-state index in [1.807, 2.05) is 6.92 Å². The molecule has 0 aliphatic carbocycles. The van der Waals surface area contributed by atoms with Gasteiger partial charge in [0, 0.05) is 18.3 Å². The number of thioether (sulfide) groups is 1. The summed E-state index contributed by atoms with van der Waals surface area (Å²) in [5.41, 5.74) is 3.36. The Morgan fingerprint density at radius 3 is 2.47 bits per heavy atom. The van der Waals surface area contributed by atoms with Gasteiger partial charge in [-0.05, 0) is 65.7 Å². The van der Waals surface area contributed by atoms with Gasteiger partial charge in [-0.15, -0.1) is 11.3 Å². The van der Waals surface area contributed by atoms with Gasteiger partial charge in [-0.25, -0.2) is 14.8 Å². The molecule has 3 saturated heterocycles. The number of hydrogen-bond acceptors (Lipinski definition) is 11. The monoisotopic (exact) mass is 702 g/mol. The van der Waals surface area contributed by atoms with Crippen molar-refractivity contribution in [3.8, 4) is 0 Å². The van der Waals surface area contributed by atoms with E-state index in [1.165, 1.54) is 48.8 Å². The number of rotatable bonds is 11. The molecule has 4 amide bonds. The molecule has 250 valence electrons. The van der Waals surface area contributed by atoms with Crippen molar-refractivity contribution in [2.45, 2.75) is 70.7 Å². The highest BCUT2D eigenvalue weighted by atomic mass is 35.5. The number of ketones is 3. The molecule has 0 spiro atoms. The van der Waals surface area contributed by atoms with Crippen LogP contribution in [0.25, 0.3) is 0 Å². The Bertz CT molecular complexity index is 1740. The maximum atomic E-state index is 13.6. The number of aromatic nitrogens is 1. The van der Waals surface area contributed by atoms with Crippen LogP contribution in [0.2, 0.25) is 5.02 Å². The summed E-state index contributed by atoms with van der Waals surface area (Å²) >= 11 is 8.86. The summed E-state index contributed by atoms with van der Waals surface area (Å²) in [6, 6.07) is 2.76. The minimum Gasteiger partial charge on any atom is -0.381 e. The molecule has 1 aromatic heterocycles. The van der Waals surface area contributed by atoms with Crippen LogP contribution in [0, 0.1) is 26.7 Å². The van der Waals surface area contributed by atoms with E-state index in [2.05, 4.69) is 15.6 Å². The van der Waals surface area contributed by atoms with Crippen LogP contribution in [0.15, 0.2) is 22.7 Å². The second kappa shape index (κ2) is 12.7. The zero-order valence-corrected chi connectivity index (χ0v) is 29.4. The molecule has 1 aromatic carbocycles. The van der Waals surface area contributed by atoms with Gasteiger partial charge in [0.05, 0.1) is 40.0 Å². The van der Waals surface area contributed by atoms with Gasteiger partial charge in [0.1, 0.15) is 5.69 Å². The number of oxime groups is 1. The van der Waals surface area contributed by atoms with Crippen LogP contribution in [0.1, 0.15) is 66.3 Å². The first-order valence-corrected chi connectivity index (χ1v) is 17.0. The summed E-state index contributed by atoms with van der Waals surface area (Å²) in [6.07, 6.45) is -0.243. The molecule has 47 heavy (non-hydrogen) atoms. The third-order valence-corrected chi connectivity index (χ3v) is 11.9. The maximum Gasteiger partial charge on any atom is 0.340 e. The topological polar surface area (TPSA) is 159 Å². The number of urea groups is 1. The van der Waals surface area contributed by atoms with E-state index >= 15 is 0 Å². The van der Waals surface area contributed by atoms with Crippen LogP contribution >= 0.6 is 34.7 Å². The number of hydrogen-bond donors (Lipinski definition) is 1. The van der Waals surface area contributed by atoms with Crippen LogP contribution in [0.4, 0.5) is 4.79 Å². The van der Waals surface area contributed by atoms with Gasteiger partial charge in [-0.3, -0.25) is 34.3 Å². The molecule has 0 saturated carbocycles. The van der Waals surface area contributed by atoms with E-state index in [4.69, 9.17) is 16.4 Å². The quantitative estimate of drug-likeness (QED) is 0.210. The fourth-order valence-corrected chi connectivity index (χ4v) is 8.10. The smallest absolute Gasteiger partial charge is 0.340 e. The minimum atomic E-state index is -1.41. The number of benzene rings is 1. The van der Waals surface area contributed by atoms with Crippen LogP contribution in [0.5, 0.6) is 0 Å². The first-order valence-electron chi connectivity index (χ1n) is 14.9. The van der Waals surface area contributed by atoms with Gasteiger partial charge >= 0.3 is 6.03 Å². The Morgan fingerprint density at radius 2 is 1.85 bits per heavy atom. The van der Waals surface area contributed by atoms with Gasteiger partial charge in [-0.1, -0.05) is 34.6 Å². The molecule has 3 aliphatic heterocycles. The number of Topliss-reactive ketones (excluding diaryl/α,β-unsaturated/α-hetero) is 3. The van der Waals surface area contributed by atoms with Crippen LogP contribution in [-0.2, 0) is 24.0 Å². The lowest BCUT2D eigenvalue weighted by molar-refractivity contribution is -0.151. The lowest BCUT2D eigenvalue weighted by atomic mass is 9.90. The number of amides is 4. The van der Waals surface area contributed by atoms with Crippen LogP contribution in [-0.4, -0.2) is 96.2 Å². The predicted molar refractivity (Wildman–Crippen MR) is 176 cm³/mol. The maximum absolute atomic E-state index is 13.6. The van der Waals surface area contributed by atoms with Crippen molar-refractivity contribution in [3.05, 3.63) is 49.9 Å². The largest absolute Gasteiger partial charge is 0.381 e. The Labute approximate surface area is 285 Å². The molecule has 0 radical (unpaired) electrons. The van der Waals surface area contributed by atoms with Crippen LogP contribution < -0.4 is 5.43 Å². The summed E-state index contributed by atoms with van der Waals surface area (Å²) in [6.45, 7) is 11.4. The Morgan fingerprint density at radius 1 is 1.15 bits per heavy atom. The first-order chi connectivity index (χ1) is 22.0. The molecule has 1 unspecified atom stereocenters. The molecule has 16 heteroatoms. The van der Waals surface area contributed by atoms with E-state index in [1.54, 1.807) is 31.4 Å². The Balaban J connectivity index is 1.32. The summed E-state index contributed by atoms with van der Waals surface area (Å²) in [5.74, 6) is -2.83. The average molecular weight is 703 g/mol. The number of nitrogens with zero attached hydrogens (tertiary/aromatic N) is 5. The number of carbonyl (C=O) groups is 6. The van der Waals surface area contributed by atoms with Crippen molar-refractivity contribution in [1.82, 2.24) is 25.2 Å². The molecular weight excluding hydrogens is 668 g/mol. The summed E-state index contributed by atoms with van der Waals surface area (Å²) in [4.78, 5) is 90.1. The molecule has 2 aromatic rings. The molecule has 3 atom stereocenters. The number of carbonyl (C=O) groups excluding carboxylic acids is 6. The van der Waals surface area contributed by atoms with E-state index in [9.17, 15) is 28.8 Å². The van der Waals surface area contributed by atoms with Gasteiger partial charge in [0.15, 0.2) is 33.5 Å². The third kappa shape index (κ3) is 6.16. The van der Waals surface area contributed by atoms with Crippen molar-refractivity contribution < 1.29 is 33.6 Å². The fourth-order valence-electron chi connectivity index (χ4n) is 5.45. The number of halogens is 1. The van der Waals surface area contributed by atoms with Crippen molar-refractivity contribution >= 4 is 75.6 Å². The number of β-lactam (4-membered cyclic amide) rings is 1. The highest BCUT2D eigenvalue weighted by molar-refractivity contribution is 8.02. The second-order valence-corrected chi connectivity index (χ2v) is 15.1. The Kier molecular flexibility index (Phi) is 9.29. The van der Waals surface area contributed by atoms with E-state index in [0.29, 0.717) is 5.01 Å². The molecule has 1 N–H and O–H groups in total. The number of nitrogens with one attached hydrogen (secondary N) is 1. The zero-order chi connectivity index (χ0) is 34.6. The van der Waals surface area contributed by atoms with E-state index < -0.39 is 39.5 Å². The molecule has 4 heterocycles. The first kappa shape index (κ1) is 34.5. The van der Waals surface area contributed by atoms with Gasteiger partial charge in [-0.2, -0.15) is 0 Å². The van der Waals surface area contributed by atoms with Gasteiger partial charge in [0.25, 0.3) is 5.91 Å². The van der Waals surface area contributed by atoms with E-state index in [0.717, 1.165) is 27.9 Å². The number of thiazole rings is 1.